The Morgan fingerprint density at radius 2 is 1.93 bits per heavy atom. The van der Waals surface area contributed by atoms with Crippen LogP contribution in [0, 0.1) is 6.92 Å². The molecule has 4 rings (SSSR count). The summed E-state index contributed by atoms with van der Waals surface area (Å²) in [4.78, 5) is 22.5. The predicted molar refractivity (Wildman–Crippen MR) is 112 cm³/mol. The molecule has 0 saturated heterocycles. The van der Waals surface area contributed by atoms with Crippen molar-refractivity contribution in [2.45, 2.75) is 17.8 Å². The average Bonchev–Trinajstić information content (AvgIpc) is 2.73. The summed E-state index contributed by atoms with van der Waals surface area (Å²) in [6, 6.07) is 19.1. The maximum absolute atomic E-state index is 13.3. The quantitative estimate of drug-likeness (QED) is 0.374. The van der Waals surface area contributed by atoms with E-state index in [1.165, 1.54) is 11.8 Å². The Morgan fingerprint density at radius 1 is 1.07 bits per heavy atom. The van der Waals surface area contributed by atoms with Crippen LogP contribution in [0.4, 0.5) is 0 Å². The van der Waals surface area contributed by atoms with E-state index in [-0.39, 0.29) is 5.56 Å². The fraction of sp³-hybridized carbons (Fsp3) is 0.136. The molecule has 28 heavy (non-hydrogen) atoms. The highest BCUT2D eigenvalue weighted by Gasteiger charge is 2.15. The number of rotatable bonds is 5. The summed E-state index contributed by atoms with van der Waals surface area (Å²) in [6.45, 7) is 1.94. The average molecular weight is 389 g/mol. The van der Waals surface area contributed by atoms with Gasteiger partial charge in [-0.25, -0.2) is 14.5 Å². The lowest BCUT2D eigenvalue weighted by atomic mass is 10.2. The van der Waals surface area contributed by atoms with Gasteiger partial charge < -0.3 is 4.74 Å². The largest absolute Gasteiger partial charge is 0.497 e. The van der Waals surface area contributed by atoms with Crippen molar-refractivity contribution in [3.05, 3.63) is 88.3 Å². The van der Waals surface area contributed by atoms with Crippen molar-refractivity contribution in [2.75, 3.05) is 7.11 Å². The summed E-state index contributed by atoms with van der Waals surface area (Å²) in [5.41, 5.74) is 2.59. The molecule has 0 unspecified atom stereocenters. The number of nitrogens with zero attached hydrogens (tertiary/aromatic N) is 3. The Bertz CT molecular complexity index is 1200. The van der Waals surface area contributed by atoms with Crippen molar-refractivity contribution < 1.29 is 4.74 Å². The molecule has 6 heteroatoms. The van der Waals surface area contributed by atoms with Gasteiger partial charge in [-0.15, -0.1) is 0 Å². The van der Waals surface area contributed by atoms with Gasteiger partial charge in [0.2, 0.25) is 0 Å². The second-order valence-corrected chi connectivity index (χ2v) is 7.28. The fourth-order valence-electron chi connectivity index (χ4n) is 3.02. The number of hydrogen-bond donors (Lipinski definition) is 0. The van der Waals surface area contributed by atoms with Crippen LogP contribution in [0.25, 0.3) is 16.7 Å². The summed E-state index contributed by atoms with van der Waals surface area (Å²) in [6.07, 6.45) is 1.69. The van der Waals surface area contributed by atoms with E-state index in [4.69, 9.17) is 9.72 Å². The minimum Gasteiger partial charge on any atom is -0.497 e. The number of aromatic nitrogens is 3. The first-order valence-corrected chi connectivity index (χ1v) is 9.85. The third kappa shape index (κ3) is 3.51. The van der Waals surface area contributed by atoms with E-state index in [1.54, 1.807) is 23.9 Å². The second kappa shape index (κ2) is 7.86. The van der Waals surface area contributed by atoms with Gasteiger partial charge in [-0.1, -0.05) is 42.1 Å². The fourth-order valence-corrected chi connectivity index (χ4v) is 3.95. The Balaban J connectivity index is 1.83. The van der Waals surface area contributed by atoms with Gasteiger partial charge in [0, 0.05) is 11.9 Å². The van der Waals surface area contributed by atoms with Gasteiger partial charge >= 0.3 is 0 Å². The van der Waals surface area contributed by atoms with E-state index in [1.807, 2.05) is 61.5 Å². The smallest absolute Gasteiger partial charge is 0.267 e. The molecule has 0 radical (unpaired) electrons. The molecule has 5 nitrogen and oxygen atoms in total. The van der Waals surface area contributed by atoms with Gasteiger partial charge in [0.25, 0.3) is 5.56 Å². The first kappa shape index (κ1) is 18.3. The van der Waals surface area contributed by atoms with Crippen LogP contribution >= 0.6 is 11.8 Å². The highest BCUT2D eigenvalue weighted by atomic mass is 32.2. The highest BCUT2D eigenvalue weighted by molar-refractivity contribution is 7.98. The maximum atomic E-state index is 13.3. The molecular weight excluding hydrogens is 370 g/mol. The van der Waals surface area contributed by atoms with Crippen LogP contribution < -0.4 is 10.3 Å². The van der Waals surface area contributed by atoms with Gasteiger partial charge in [0.05, 0.1) is 18.0 Å². The van der Waals surface area contributed by atoms with Gasteiger partial charge in [0.15, 0.2) is 5.16 Å². The molecule has 4 aromatic rings. The number of fused-ring (bicyclic) bond motifs is 1. The lowest BCUT2D eigenvalue weighted by Crippen LogP contribution is -2.23. The van der Waals surface area contributed by atoms with Crippen LogP contribution in [-0.2, 0) is 5.75 Å². The number of thioether (sulfide) groups is 1. The molecule has 0 N–H and O–H groups in total. The van der Waals surface area contributed by atoms with Crippen molar-refractivity contribution in [1.29, 1.82) is 0 Å². The van der Waals surface area contributed by atoms with E-state index >= 15 is 0 Å². The predicted octanol–water partition coefficient (Wildman–Crippen LogP) is 4.39. The number of para-hydroxylation sites is 1. The van der Waals surface area contributed by atoms with E-state index < -0.39 is 0 Å². The number of methoxy groups -OCH3 is 1. The standard InChI is InChI=1S/C22H19N3O2S/c1-15-7-6-12-23-20(15)25-21(26)18-10-3-4-11-19(18)24-22(25)28-14-16-8-5-9-17(13-16)27-2/h3-13H,14H2,1-2H3. The van der Waals surface area contributed by atoms with Crippen molar-refractivity contribution in [1.82, 2.24) is 14.5 Å². The lowest BCUT2D eigenvalue weighted by Gasteiger charge is -2.14. The van der Waals surface area contributed by atoms with E-state index in [0.717, 1.165) is 16.9 Å². The first-order chi connectivity index (χ1) is 13.7. The Labute approximate surface area is 167 Å². The molecule has 140 valence electrons. The Kier molecular flexibility index (Phi) is 5.12. The molecule has 2 aromatic carbocycles. The third-order valence-corrected chi connectivity index (χ3v) is 5.45. The van der Waals surface area contributed by atoms with Gasteiger partial charge in [-0.3, -0.25) is 4.79 Å². The summed E-state index contributed by atoms with van der Waals surface area (Å²) < 4.78 is 6.92. The summed E-state index contributed by atoms with van der Waals surface area (Å²) >= 11 is 1.51. The molecule has 0 amide bonds. The molecule has 0 spiro atoms. The molecule has 0 fully saturated rings. The Hall–Kier alpha value is -3.12. The molecule has 2 aromatic heterocycles. The van der Waals surface area contributed by atoms with Crippen LogP contribution in [0.3, 0.4) is 0 Å². The number of hydrogen-bond acceptors (Lipinski definition) is 5. The number of benzene rings is 2. The monoisotopic (exact) mass is 389 g/mol. The molecule has 0 bridgehead atoms. The molecule has 0 aliphatic carbocycles. The number of pyridine rings is 1. The van der Waals surface area contributed by atoms with Gasteiger partial charge in [0.1, 0.15) is 11.6 Å². The molecule has 0 atom stereocenters. The van der Waals surface area contributed by atoms with Crippen LogP contribution in [0.15, 0.2) is 76.8 Å². The van der Waals surface area contributed by atoms with E-state index in [2.05, 4.69) is 4.98 Å². The molecule has 0 aliphatic heterocycles. The molecule has 0 saturated carbocycles. The molecule has 0 aliphatic rings. The van der Waals surface area contributed by atoms with E-state index in [9.17, 15) is 4.79 Å². The lowest BCUT2D eigenvalue weighted by molar-refractivity contribution is 0.414. The molecular formula is C22H19N3O2S. The van der Waals surface area contributed by atoms with Crippen LogP contribution in [0.5, 0.6) is 5.75 Å². The second-order valence-electron chi connectivity index (χ2n) is 6.34. The first-order valence-electron chi connectivity index (χ1n) is 8.87. The van der Waals surface area contributed by atoms with Gasteiger partial charge in [-0.05, 0) is 48.4 Å². The van der Waals surface area contributed by atoms with Crippen LogP contribution in [-0.4, -0.2) is 21.6 Å². The maximum Gasteiger partial charge on any atom is 0.267 e. The SMILES string of the molecule is COc1cccc(CSc2nc3ccccc3c(=O)n2-c2ncccc2C)c1. The minimum absolute atomic E-state index is 0.111. The molecule has 2 heterocycles. The minimum atomic E-state index is -0.111. The van der Waals surface area contributed by atoms with Gasteiger partial charge in [-0.2, -0.15) is 0 Å². The summed E-state index contributed by atoms with van der Waals surface area (Å²) in [7, 11) is 1.65. The summed E-state index contributed by atoms with van der Waals surface area (Å²) in [5, 5.41) is 1.20. The van der Waals surface area contributed by atoms with Crippen molar-refractivity contribution in [3.8, 4) is 11.6 Å². The van der Waals surface area contributed by atoms with E-state index in [0.29, 0.717) is 27.6 Å². The normalized spacial score (nSPS) is 10.9. The van der Waals surface area contributed by atoms with Crippen molar-refractivity contribution in [2.24, 2.45) is 0 Å². The van der Waals surface area contributed by atoms with Crippen LogP contribution in [0.2, 0.25) is 0 Å². The zero-order valence-electron chi connectivity index (χ0n) is 15.6. The van der Waals surface area contributed by atoms with Crippen LogP contribution in [0.1, 0.15) is 11.1 Å². The zero-order chi connectivity index (χ0) is 19.5. The highest BCUT2D eigenvalue weighted by Crippen LogP contribution is 2.26. The topological polar surface area (TPSA) is 57.0 Å². The number of ether oxygens (including phenoxy) is 1. The zero-order valence-corrected chi connectivity index (χ0v) is 16.4. The van der Waals surface area contributed by atoms with Crippen molar-refractivity contribution >= 4 is 22.7 Å². The summed E-state index contributed by atoms with van der Waals surface area (Å²) in [5.74, 6) is 2.08. The Morgan fingerprint density at radius 3 is 2.75 bits per heavy atom. The van der Waals surface area contributed by atoms with Crippen molar-refractivity contribution in [3.63, 3.8) is 0 Å². The number of aryl methyl sites for hydroxylation is 1. The third-order valence-electron chi connectivity index (χ3n) is 4.44.